The van der Waals surface area contributed by atoms with Crippen LogP contribution in [-0.4, -0.2) is 30.2 Å². The van der Waals surface area contributed by atoms with E-state index in [-0.39, 0.29) is 30.1 Å². The number of hydrogen-bond donors (Lipinski definition) is 2. The van der Waals surface area contributed by atoms with E-state index in [1.165, 1.54) is 6.92 Å². The van der Waals surface area contributed by atoms with Crippen LogP contribution >= 0.6 is 0 Å². The average Bonchev–Trinajstić information content (AvgIpc) is 2.33. The zero-order valence-corrected chi connectivity index (χ0v) is 7.42. The first kappa shape index (κ1) is 9.70. The monoisotopic (exact) mass is 184 g/mol. The number of carbonyl (C=O) groups excluding carboxylic acids is 3. The Bertz CT molecular complexity index is 250. The van der Waals surface area contributed by atoms with E-state index in [0.717, 1.165) is 0 Å². The van der Waals surface area contributed by atoms with Crippen molar-refractivity contribution in [1.29, 1.82) is 0 Å². The van der Waals surface area contributed by atoms with Gasteiger partial charge in [-0.2, -0.15) is 0 Å². The van der Waals surface area contributed by atoms with Gasteiger partial charge in [0.15, 0.2) is 0 Å². The third-order valence-corrected chi connectivity index (χ3v) is 1.75. The molecule has 13 heavy (non-hydrogen) atoms. The largest absolute Gasteiger partial charge is 0.354 e. The first-order valence-corrected chi connectivity index (χ1v) is 4.13. The molecule has 1 rings (SSSR count). The molecule has 0 aromatic carbocycles. The topological polar surface area (TPSA) is 75.3 Å². The SMILES string of the molecule is CC(=O)CC(=O)NC1CNC(=O)C1. The molecule has 0 radical (unpaired) electrons. The van der Waals surface area contributed by atoms with Gasteiger partial charge in [0.05, 0.1) is 12.5 Å². The van der Waals surface area contributed by atoms with Crippen molar-refractivity contribution < 1.29 is 14.4 Å². The Labute approximate surface area is 75.9 Å². The summed E-state index contributed by atoms with van der Waals surface area (Å²) in [4.78, 5) is 32.3. The smallest absolute Gasteiger partial charge is 0.227 e. The molecular weight excluding hydrogens is 172 g/mol. The molecule has 1 aliphatic rings. The summed E-state index contributed by atoms with van der Waals surface area (Å²) < 4.78 is 0. The number of rotatable bonds is 3. The molecule has 1 atom stereocenters. The molecule has 5 heteroatoms. The molecule has 0 saturated carbocycles. The first-order chi connectivity index (χ1) is 6.08. The van der Waals surface area contributed by atoms with E-state index >= 15 is 0 Å². The van der Waals surface area contributed by atoms with Gasteiger partial charge in [0.25, 0.3) is 0 Å². The molecule has 2 N–H and O–H groups in total. The van der Waals surface area contributed by atoms with Crippen molar-refractivity contribution in [2.24, 2.45) is 0 Å². The van der Waals surface area contributed by atoms with Crippen molar-refractivity contribution in [3.05, 3.63) is 0 Å². The van der Waals surface area contributed by atoms with E-state index < -0.39 is 0 Å². The lowest BCUT2D eigenvalue weighted by Crippen LogP contribution is -2.36. The highest BCUT2D eigenvalue weighted by atomic mass is 16.2. The van der Waals surface area contributed by atoms with Crippen molar-refractivity contribution in [2.75, 3.05) is 6.54 Å². The molecule has 1 saturated heterocycles. The van der Waals surface area contributed by atoms with Crippen LogP contribution in [0.4, 0.5) is 0 Å². The lowest BCUT2D eigenvalue weighted by Gasteiger charge is -2.08. The van der Waals surface area contributed by atoms with Crippen molar-refractivity contribution >= 4 is 17.6 Å². The van der Waals surface area contributed by atoms with Gasteiger partial charge in [-0.15, -0.1) is 0 Å². The van der Waals surface area contributed by atoms with E-state index in [2.05, 4.69) is 10.6 Å². The van der Waals surface area contributed by atoms with E-state index in [1.54, 1.807) is 0 Å². The zero-order valence-electron chi connectivity index (χ0n) is 7.42. The number of ketones is 1. The molecular formula is C8H12N2O3. The minimum atomic E-state index is -0.311. The second-order valence-electron chi connectivity index (χ2n) is 3.15. The van der Waals surface area contributed by atoms with E-state index in [1.807, 2.05) is 0 Å². The number of amides is 2. The molecule has 72 valence electrons. The molecule has 2 amide bonds. The summed E-state index contributed by atoms with van der Waals surface area (Å²) in [5, 5.41) is 5.19. The van der Waals surface area contributed by atoms with Crippen molar-refractivity contribution in [2.45, 2.75) is 25.8 Å². The molecule has 0 spiro atoms. The van der Waals surface area contributed by atoms with Crippen LogP contribution in [0.25, 0.3) is 0 Å². The van der Waals surface area contributed by atoms with Crippen LogP contribution in [0.15, 0.2) is 0 Å². The first-order valence-electron chi connectivity index (χ1n) is 4.13. The Morgan fingerprint density at radius 3 is 2.77 bits per heavy atom. The highest BCUT2D eigenvalue weighted by Crippen LogP contribution is 1.99. The molecule has 0 bridgehead atoms. The molecule has 1 heterocycles. The molecule has 0 aromatic rings. The second kappa shape index (κ2) is 4.02. The van der Waals surface area contributed by atoms with Gasteiger partial charge in [0, 0.05) is 13.0 Å². The van der Waals surface area contributed by atoms with Crippen molar-refractivity contribution in [3.8, 4) is 0 Å². The summed E-state index contributed by atoms with van der Waals surface area (Å²) in [6.07, 6.45) is 0.203. The predicted octanol–water partition coefficient (Wildman–Crippen LogP) is -1.03. The Hall–Kier alpha value is -1.39. The standard InChI is InChI=1S/C8H12N2O3/c1-5(11)2-8(13)10-6-3-7(12)9-4-6/h6H,2-4H2,1H3,(H,9,12)(H,10,13). The number of carbonyl (C=O) groups is 3. The summed E-state index contributed by atoms with van der Waals surface area (Å²) in [6.45, 7) is 1.82. The summed E-state index contributed by atoms with van der Waals surface area (Å²) in [7, 11) is 0. The average molecular weight is 184 g/mol. The lowest BCUT2D eigenvalue weighted by molar-refractivity contribution is -0.127. The fourth-order valence-corrected chi connectivity index (χ4v) is 1.21. The minimum Gasteiger partial charge on any atom is -0.354 e. The van der Waals surface area contributed by atoms with Crippen LogP contribution in [0.1, 0.15) is 19.8 Å². The highest BCUT2D eigenvalue weighted by molar-refractivity contribution is 5.97. The van der Waals surface area contributed by atoms with Crippen LogP contribution in [0.3, 0.4) is 0 Å². The van der Waals surface area contributed by atoms with Crippen molar-refractivity contribution in [1.82, 2.24) is 10.6 Å². The Morgan fingerprint density at radius 2 is 2.31 bits per heavy atom. The quantitative estimate of drug-likeness (QED) is 0.551. The number of hydrogen-bond acceptors (Lipinski definition) is 3. The Morgan fingerprint density at radius 1 is 1.62 bits per heavy atom. The van der Waals surface area contributed by atoms with Crippen LogP contribution in [0.2, 0.25) is 0 Å². The third kappa shape index (κ3) is 3.23. The van der Waals surface area contributed by atoms with E-state index in [0.29, 0.717) is 13.0 Å². The lowest BCUT2D eigenvalue weighted by atomic mass is 10.2. The van der Waals surface area contributed by atoms with Gasteiger partial charge in [0.2, 0.25) is 11.8 Å². The van der Waals surface area contributed by atoms with Gasteiger partial charge in [-0.05, 0) is 6.92 Å². The van der Waals surface area contributed by atoms with Gasteiger partial charge in [-0.25, -0.2) is 0 Å². The van der Waals surface area contributed by atoms with Crippen LogP contribution < -0.4 is 10.6 Å². The molecule has 0 aliphatic carbocycles. The number of Topliss-reactive ketones (excluding diaryl/α,β-unsaturated/α-hetero) is 1. The fourth-order valence-electron chi connectivity index (χ4n) is 1.21. The summed E-state index contributed by atoms with van der Waals surface area (Å²) >= 11 is 0. The maximum atomic E-state index is 11.0. The summed E-state index contributed by atoms with van der Waals surface area (Å²) in [6, 6.07) is -0.153. The van der Waals surface area contributed by atoms with Crippen molar-refractivity contribution in [3.63, 3.8) is 0 Å². The van der Waals surface area contributed by atoms with E-state index in [9.17, 15) is 14.4 Å². The molecule has 5 nitrogen and oxygen atoms in total. The van der Waals surface area contributed by atoms with Gasteiger partial charge in [0.1, 0.15) is 5.78 Å². The van der Waals surface area contributed by atoms with Crippen LogP contribution in [0.5, 0.6) is 0 Å². The molecule has 1 fully saturated rings. The molecule has 1 unspecified atom stereocenters. The number of nitrogens with one attached hydrogen (secondary N) is 2. The Balaban J connectivity index is 2.28. The molecule has 0 aromatic heterocycles. The van der Waals surface area contributed by atoms with Gasteiger partial charge in [-0.3, -0.25) is 14.4 Å². The Kier molecular flexibility index (Phi) is 3.00. The predicted molar refractivity (Wildman–Crippen MR) is 44.9 cm³/mol. The van der Waals surface area contributed by atoms with E-state index in [4.69, 9.17) is 0 Å². The second-order valence-corrected chi connectivity index (χ2v) is 3.15. The summed E-state index contributed by atoms with van der Waals surface area (Å²) in [5.41, 5.74) is 0. The normalized spacial score (nSPS) is 21.0. The molecule has 1 aliphatic heterocycles. The highest BCUT2D eigenvalue weighted by Gasteiger charge is 2.22. The van der Waals surface area contributed by atoms with Crippen LogP contribution in [-0.2, 0) is 14.4 Å². The zero-order chi connectivity index (χ0) is 9.84. The maximum Gasteiger partial charge on any atom is 0.227 e. The van der Waals surface area contributed by atoms with Gasteiger partial charge in [-0.1, -0.05) is 0 Å². The van der Waals surface area contributed by atoms with Gasteiger partial charge >= 0.3 is 0 Å². The minimum absolute atomic E-state index is 0.0619. The fraction of sp³-hybridized carbons (Fsp3) is 0.625. The van der Waals surface area contributed by atoms with Gasteiger partial charge < -0.3 is 10.6 Å². The van der Waals surface area contributed by atoms with Crippen LogP contribution in [0, 0.1) is 0 Å². The third-order valence-electron chi connectivity index (χ3n) is 1.75. The summed E-state index contributed by atoms with van der Waals surface area (Å²) in [5.74, 6) is -0.545. The maximum absolute atomic E-state index is 11.0.